The Morgan fingerprint density at radius 3 is 2.48 bits per heavy atom. The number of aromatic nitrogens is 1. The Morgan fingerprint density at radius 1 is 1.17 bits per heavy atom. The maximum Gasteiger partial charge on any atom is 0.418 e. The molecule has 2 heterocycles. The fraction of sp³-hybridized carbons (Fsp3) is 0.667. The Labute approximate surface area is 139 Å². The van der Waals surface area contributed by atoms with Gasteiger partial charge in [0.25, 0.3) is 0 Å². The van der Waals surface area contributed by atoms with Crippen LogP contribution in [0.25, 0.3) is 0 Å². The topological polar surface area (TPSA) is 16.1 Å². The lowest BCUT2D eigenvalue weighted by Crippen LogP contribution is -2.27. The van der Waals surface area contributed by atoms with E-state index in [-0.39, 0.29) is 35.5 Å². The molecule has 1 aromatic rings. The summed E-state index contributed by atoms with van der Waals surface area (Å²) in [5.74, 6) is -2.54. The monoisotopic (exact) mass is 398 g/mol. The molecular formula is C15H16BrF5N2. The average molecular weight is 399 g/mol. The molecule has 0 bridgehead atoms. The molecule has 1 aromatic heterocycles. The van der Waals surface area contributed by atoms with Crippen LogP contribution in [0.2, 0.25) is 0 Å². The molecule has 1 saturated carbocycles. The minimum absolute atomic E-state index is 0.0479. The molecule has 8 heteroatoms. The normalized spacial score (nSPS) is 22.1. The predicted octanol–water partition coefficient (Wildman–Crippen LogP) is 5.37. The van der Waals surface area contributed by atoms with Gasteiger partial charge >= 0.3 is 6.18 Å². The lowest BCUT2D eigenvalue weighted by Gasteiger charge is -2.25. The summed E-state index contributed by atoms with van der Waals surface area (Å²) in [4.78, 5) is 5.89. The maximum absolute atomic E-state index is 13.5. The van der Waals surface area contributed by atoms with Gasteiger partial charge in [0.1, 0.15) is 5.82 Å². The van der Waals surface area contributed by atoms with Crippen LogP contribution in [-0.4, -0.2) is 24.0 Å². The fourth-order valence-corrected chi connectivity index (χ4v) is 3.45. The summed E-state index contributed by atoms with van der Waals surface area (Å²) in [5.41, 5.74) is -0.678. The van der Waals surface area contributed by atoms with E-state index in [1.165, 1.54) is 0 Å². The first-order valence-corrected chi connectivity index (χ1v) is 8.37. The van der Waals surface area contributed by atoms with Gasteiger partial charge in [-0.1, -0.05) is 0 Å². The standard InChI is InChI=1S/C15H16BrF5N2/c16-11-8-10(15(19,20)21)12(9-2-3-9)22-13(11)23-6-1-4-14(17,18)5-7-23/h8-9H,1-7H2. The molecule has 0 aromatic carbocycles. The van der Waals surface area contributed by atoms with Crippen LogP contribution in [-0.2, 0) is 6.18 Å². The Kier molecular flexibility index (Phi) is 4.31. The molecule has 0 radical (unpaired) electrons. The number of hydrogen-bond acceptors (Lipinski definition) is 2. The lowest BCUT2D eigenvalue weighted by atomic mass is 10.1. The summed E-state index contributed by atoms with van der Waals surface area (Å²) < 4.78 is 66.7. The highest BCUT2D eigenvalue weighted by Crippen LogP contribution is 2.47. The van der Waals surface area contributed by atoms with Gasteiger partial charge in [-0.05, 0) is 41.3 Å². The van der Waals surface area contributed by atoms with Gasteiger partial charge in [-0.2, -0.15) is 13.2 Å². The van der Waals surface area contributed by atoms with E-state index >= 15 is 0 Å². The third-order valence-electron chi connectivity index (χ3n) is 4.27. The van der Waals surface area contributed by atoms with Crippen molar-refractivity contribution in [3.63, 3.8) is 0 Å². The first kappa shape index (κ1) is 16.9. The molecular weight excluding hydrogens is 383 g/mol. The zero-order valence-corrected chi connectivity index (χ0v) is 13.9. The van der Waals surface area contributed by atoms with Gasteiger partial charge in [-0.3, -0.25) is 0 Å². The van der Waals surface area contributed by atoms with Crippen LogP contribution in [0.15, 0.2) is 10.5 Å². The number of rotatable bonds is 2. The van der Waals surface area contributed by atoms with E-state index in [0.717, 1.165) is 6.07 Å². The van der Waals surface area contributed by atoms with Crippen LogP contribution in [0.5, 0.6) is 0 Å². The Bertz CT molecular complexity index is 598. The van der Waals surface area contributed by atoms with Crippen molar-refractivity contribution < 1.29 is 22.0 Å². The fourth-order valence-electron chi connectivity index (χ4n) is 2.89. The van der Waals surface area contributed by atoms with E-state index in [1.54, 1.807) is 4.90 Å². The second-order valence-corrected chi connectivity index (χ2v) is 7.05. The first-order chi connectivity index (χ1) is 10.7. The molecule has 0 unspecified atom stereocenters. The number of anilines is 1. The van der Waals surface area contributed by atoms with Gasteiger partial charge in [0.2, 0.25) is 5.92 Å². The van der Waals surface area contributed by atoms with Gasteiger partial charge in [0.05, 0.1) is 15.7 Å². The molecule has 2 fully saturated rings. The summed E-state index contributed by atoms with van der Waals surface area (Å²) >= 11 is 3.14. The van der Waals surface area contributed by atoms with Crippen LogP contribution < -0.4 is 4.90 Å². The smallest absolute Gasteiger partial charge is 0.355 e. The predicted molar refractivity (Wildman–Crippen MR) is 79.9 cm³/mol. The second-order valence-electron chi connectivity index (χ2n) is 6.20. The summed E-state index contributed by atoms with van der Waals surface area (Å²) in [7, 11) is 0. The van der Waals surface area contributed by atoms with E-state index in [0.29, 0.717) is 31.6 Å². The van der Waals surface area contributed by atoms with Crippen molar-refractivity contribution >= 4 is 21.7 Å². The minimum Gasteiger partial charge on any atom is -0.355 e. The first-order valence-electron chi connectivity index (χ1n) is 7.58. The molecule has 3 rings (SSSR count). The molecule has 0 N–H and O–H groups in total. The van der Waals surface area contributed by atoms with Crippen LogP contribution in [0.1, 0.15) is 49.3 Å². The van der Waals surface area contributed by atoms with Crippen molar-refractivity contribution in [3.8, 4) is 0 Å². The van der Waals surface area contributed by atoms with Crippen LogP contribution in [0.4, 0.5) is 27.8 Å². The molecule has 1 aliphatic heterocycles. The Hall–Kier alpha value is -0.920. The van der Waals surface area contributed by atoms with E-state index in [1.807, 2.05) is 0 Å². The van der Waals surface area contributed by atoms with Crippen molar-refractivity contribution in [1.82, 2.24) is 4.98 Å². The largest absolute Gasteiger partial charge is 0.418 e. The SMILES string of the molecule is FC1(F)CCCN(c2nc(C3CC3)c(C(F)(F)F)cc2Br)CC1. The summed E-state index contributed by atoms with van der Waals surface area (Å²) in [5, 5.41) is 0. The molecule has 2 nitrogen and oxygen atoms in total. The highest BCUT2D eigenvalue weighted by atomic mass is 79.9. The van der Waals surface area contributed by atoms with Gasteiger partial charge in [0.15, 0.2) is 0 Å². The van der Waals surface area contributed by atoms with Crippen molar-refractivity contribution in [2.75, 3.05) is 18.0 Å². The highest BCUT2D eigenvalue weighted by molar-refractivity contribution is 9.10. The van der Waals surface area contributed by atoms with Crippen molar-refractivity contribution in [1.29, 1.82) is 0 Å². The number of alkyl halides is 5. The maximum atomic E-state index is 13.5. The molecule has 1 aliphatic carbocycles. The number of pyridine rings is 1. The van der Waals surface area contributed by atoms with E-state index < -0.39 is 17.7 Å². The van der Waals surface area contributed by atoms with E-state index in [9.17, 15) is 22.0 Å². The zero-order chi connectivity index (χ0) is 16.8. The van der Waals surface area contributed by atoms with Crippen LogP contribution in [0, 0.1) is 0 Å². The molecule has 0 amide bonds. The van der Waals surface area contributed by atoms with Crippen LogP contribution >= 0.6 is 15.9 Å². The molecule has 128 valence electrons. The van der Waals surface area contributed by atoms with Gasteiger partial charge in [0, 0.05) is 31.8 Å². The second kappa shape index (κ2) is 5.86. The van der Waals surface area contributed by atoms with Crippen LogP contribution in [0.3, 0.4) is 0 Å². The van der Waals surface area contributed by atoms with E-state index in [2.05, 4.69) is 20.9 Å². The van der Waals surface area contributed by atoms with Gasteiger partial charge in [-0.25, -0.2) is 13.8 Å². The van der Waals surface area contributed by atoms with Crippen molar-refractivity contribution in [2.45, 2.75) is 50.1 Å². The summed E-state index contributed by atoms with van der Waals surface area (Å²) in [6.45, 7) is 0.463. The van der Waals surface area contributed by atoms with Gasteiger partial charge < -0.3 is 4.90 Å². The third-order valence-corrected chi connectivity index (χ3v) is 4.86. The molecule has 0 spiro atoms. The van der Waals surface area contributed by atoms with Gasteiger partial charge in [-0.15, -0.1) is 0 Å². The van der Waals surface area contributed by atoms with E-state index in [4.69, 9.17) is 0 Å². The number of halogens is 6. The number of nitrogens with zero attached hydrogens (tertiary/aromatic N) is 2. The van der Waals surface area contributed by atoms with Crippen molar-refractivity contribution in [2.24, 2.45) is 0 Å². The summed E-state index contributed by atoms with van der Waals surface area (Å²) in [6, 6.07) is 1.04. The molecule has 1 saturated heterocycles. The molecule has 0 atom stereocenters. The zero-order valence-electron chi connectivity index (χ0n) is 12.3. The molecule has 2 aliphatic rings. The average Bonchev–Trinajstić information content (AvgIpc) is 3.25. The minimum atomic E-state index is -4.46. The molecule has 23 heavy (non-hydrogen) atoms. The lowest BCUT2D eigenvalue weighted by molar-refractivity contribution is -0.138. The number of hydrogen-bond donors (Lipinski definition) is 0. The summed E-state index contributed by atoms with van der Waals surface area (Å²) in [6.07, 6.45) is -3.29. The van der Waals surface area contributed by atoms with Crippen molar-refractivity contribution in [3.05, 3.63) is 21.8 Å². The highest BCUT2D eigenvalue weighted by Gasteiger charge is 2.41. The third kappa shape index (κ3) is 3.78. The Balaban J connectivity index is 1.95. The Morgan fingerprint density at radius 2 is 1.87 bits per heavy atom. The quantitative estimate of drug-likeness (QED) is 0.622.